The third-order valence-electron chi connectivity index (χ3n) is 5.84. The second-order valence-corrected chi connectivity index (χ2v) is 10.3. The summed E-state index contributed by atoms with van der Waals surface area (Å²) in [6.07, 6.45) is -0.309. The number of nitrogens with zero attached hydrogens (tertiary/aromatic N) is 3. The van der Waals surface area contributed by atoms with Crippen LogP contribution in [-0.2, 0) is 14.3 Å². The van der Waals surface area contributed by atoms with Crippen LogP contribution in [0.1, 0.15) is 44.2 Å². The summed E-state index contributed by atoms with van der Waals surface area (Å²) in [7, 11) is 0. The minimum absolute atomic E-state index is 0.197. The number of likely N-dealkylation sites (N-methyl/N-ethyl adjacent to an activating group) is 1. The largest absolute Gasteiger partial charge is 0.459 e. The predicted molar refractivity (Wildman–Crippen MR) is 133 cm³/mol. The van der Waals surface area contributed by atoms with Gasteiger partial charge >= 0.3 is 5.97 Å². The molecule has 5 rings (SSSR count). The molecule has 0 fully saturated rings. The highest BCUT2D eigenvalue weighted by molar-refractivity contribution is 7.10. The zero-order chi connectivity index (χ0) is 24.1. The van der Waals surface area contributed by atoms with Gasteiger partial charge in [-0.05, 0) is 45.2 Å². The highest BCUT2D eigenvalue weighted by Gasteiger charge is 2.37. The number of benzene rings is 1. The number of hydrogen-bond acceptors (Lipinski definition) is 7. The number of thiophene rings is 1. The standard InChI is InChI=1S/C25H23N3O4S2/c1-5-27-16-10-7-6-9-15(16)19(22(27)29)21-23(30)28-20(17-11-8-12-33-17)18(24(31)32-13(2)3)14(4)26-25(28)34-21/h6-13,20H,5H2,1-4H3. The summed E-state index contributed by atoms with van der Waals surface area (Å²) in [4.78, 5) is 47.9. The van der Waals surface area contributed by atoms with Gasteiger partial charge in [0, 0.05) is 17.0 Å². The first-order valence-corrected chi connectivity index (χ1v) is 12.7. The number of carbonyl (C=O) groups is 2. The number of ether oxygens (including phenoxy) is 1. The number of hydrogen-bond donors (Lipinski definition) is 0. The van der Waals surface area contributed by atoms with E-state index in [4.69, 9.17) is 4.74 Å². The molecular weight excluding hydrogens is 470 g/mol. The van der Waals surface area contributed by atoms with E-state index >= 15 is 0 Å². The number of amides is 1. The normalized spacial score (nSPS) is 18.8. The molecule has 0 saturated heterocycles. The van der Waals surface area contributed by atoms with Crippen LogP contribution >= 0.6 is 22.7 Å². The topological polar surface area (TPSA) is 81.0 Å². The summed E-state index contributed by atoms with van der Waals surface area (Å²) < 4.78 is 7.38. The van der Waals surface area contributed by atoms with Gasteiger partial charge in [-0.2, -0.15) is 0 Å². The van der Waals surface area contributed by atoms with E-state index in [0.29, 0.717) is 32.7 Å². The third-order valence-corrected chi connectivity index (χ3v) is 7.82. The average Bonchev–Trinajstić information content (AvgIpc) is 3.49. The van der Waals surface area contributed by atoms with E-state index in [1.54, 1.807) is 25.7 Å². The number of carbonyl (C=O) groups excluding carboxylic acids is 2. The van der Waals surface area contributed by atoms with Crippen LogP contribution in [-0.4, -0.2) is 29.1 Å². The van der Waals surface area contributed by atoms with Gasteiger partial charge in [0.2, 0.25) is 0 Å². The van der Waals surface area contributed by atoms with E-state index in [0.717, 1.165) is 16.1 Å². The number of fused-ring (bicyclic) bond motifs is 2. The lowest BCUT2D eigenvalue weighted by atomic mass is 10.0. The molecule has 1 atom stereocenters. The van der Waals surface area contributed by atoms with Crippen molar-refractivity contribution in [2.24, 2.45) is 4.99 Å². The molecule has 3 aromatic rings. The molecule has 1 unspecified atom stereocenters. The van der Waals surface area contributed by atoms with Crippen molar-refractivity contribution in [3.63, 3.8) is 0 Å². The van der Waals surface area contributed by atoms with Crippen molar-refractivity contribution in [2.75, 3.05) is 11.4 Å². The highest BCUT2D eigenvalue weighted by Crippen LogP contribution is 2.36. The Morgan fingerprint density at radius 2 is 1.94 bits per heavy atom. The van der Waals surface area contributed by atoms with Crippen LogP contribution in [0, 0.1) is 0 Å². The molecule has 0 saturated carbocycles. The van der Waals surface area contributed by atoms with Crippen molar-refractivity contribution < 1.29 is 14.3 Å². The molecule has 2 aromatic heterocycles. The molecule has 7 nitrogen and oxygen atoms in total. The average molecular weight is 494 g/mol. The number of esters is 1. The first-order chi connectivity index (χ1) is 16.3. The number of para-hydroxylation sites is 1. The van der Waals surface area contributed by atoms with E-state index in [1.165, 1.54) is 27.2 Å². The first kappa shape index (κ1) is 22.5. The Balaban J connectivity index is 1.80. The molecule has 174 valence electrons. The fourth-order valence-electron chi connectivity index (χ4n) is 4.44. The van der Waals surface area contributed by atoms with Crippen LogP contribution in [0.4, 0.5) is 5.69 Å². The molecule has 34 heavy (non-hydrogen) atoms. The molecule has 0 aliphatic carbocycles. The summed E-state index contributed by atoms with van der Waals surface area (Å²) in [5.41, 5.74) is 2.44. The fraction of sp³-hybridized carbons (Fsp3) is 0.280. The molecule has 4 heterocycles. The van der Waals surface area contributed by atoms with E-state index in [-0.39, 0.29) is 17.6 Å². The SMILES string of the molecule is CCN1C(=O)C(=c2sc3n(c2=O)C(c2cccs2)C(C(=O)OC(C)C)=C(C)N=3)c2ccccc21. The van der Waals surface area contributed by atoms with Crippen LogP contribution in [0.3, 0.4) is 0 Å². The van der Waals surface area contributed by atoms with E-state index in [9.17, 15) is 14.4 Å². The van der Waals surface area contributed by atoms with Crippen molar-refractivity contribution in [3.8, 4) is 0 Å². The summed E-state index contributed by atoms with van der Waals surface area (Å²) >= 11 is 2.65. The molecule has 0 N–H and O–H groups in total. The first-order valence-electron chi connectivity index (χ1n) is 11.0. The Morgan fingerprint density at radius 1 is 1.18 bits per heavy atom. The number of rotatable bonds is 4. The van der Waals surface area contributed by atoms with Gasteiger partial charge in [0.1, 0.15) is 10.6 Å². The van der Waals surface area contributed by atoms with Crippen molar-refractivity contribution in [1.29, 1.82) is 0 Å². The maximum Gasteiger partial charge on any atom is 0.338 e. The third kappa shape index (κ3) is 3.38. The number of allylic oxidation sites excluding steroid dienone is 1. The van der Waals surface area contributed by atoms with Gasteiger partial charge in [0.25, 0.3) is 11.5 Å². The van der Waals surface area contributed by atoms with Crippen molar-refractivity contribution >= 4 is 45.8 Å². The van der Waals surface area contributed by atoms with E-state index in [1.807, 2.05) is 48.7 Å². The molecule has 2 aliphatic rings. The Hall–Kier alpha value is -3.30. The molecule has 0 spiro atoms. The summed E-state index contributed by atoms with van der Waals surface area (Å²) in [5, 5.41) is 1.91. The summed E-state index contributed by atoms with van der Waals surface area (Å²) in [6, 6.07) is 10.6. The monoisotopic (exact) mass is 493 g/mol. The Bertz CT molecular complexity index is 1530. The van der Waals surface area contributed by atoms with Crippen LogP contribution in [0.25, 0.3) is 5.57 Å². The zero-order valence-electron chi connectivity index (χ0n) is 19.2. The summed E-state index contributed by atoms with van der Waals surface area (Å²) in [5.74, 6) is -0.691. The van der Waals surface area contributed by atoms with Crippen LogP contribution < -0.4 is 19.8 Å². The maximum absolute atomic E-state index is 13.9. The van der Waals surface area contributed by atoms with Gasteiger partial charge in [-0.25, -0.2) is 9.79 Å². The molecule has 9 heteroatoms. The molecular formula is C25H23N3O4S2. The molecule has 1 aromatic carbocycles. The molecule has 1 amide bonds. The lowest BCUT2D eigenvalue weighted by Gasteiger charge is -2.24. The van der Waals surface area contributed by atoms with E-state index < -0.39 is 12.0 Å². The molecule has 0 radical (unpaired) electrons. The fourth-order valence-corrected chi connectivity index (χ4v) is 6.40. The van der Waals surface area contributed by atoms with Crippen molar-refractivity contribution in [1.82, 2.24) is 4.57 Å². The van der Waals surface area contributed by atoms with Crippen LogP contribution in [0.2, 0.25) is 0 Å². The van der Waals surface area contributed by atoms with Crippen molar-refractivity contribution in [2.45, 2.75) is 39.8 Å². The van der Waals surface area contributed by atoms with Crippen LogP contribution in [0.15, 0.2) is 62.8 Å². The Kier molecular flexibility index (Phi) is 5.61. The predicted octanol–water partition coefficient (Wildman–Crippen LogP) is 2.99. The van der Waals surface area contributed by atoms with Gasteiger partial charge < -0.3 is 9.64 Å². The number of thiazole rings is 1. The number of aromatic nitrogens is 1. The maximum atomic E-state index is 13.9. The van der Waals surface area contributed by atoms with Gasteiger partial charge in [0.05, 0.1) is 28.6 Å². The smallest absolute Gasteiger partial charge is 0.338 e. The van der Waals surface area contributed by atoms with Crippen LogP contribution in [0.5, 0.6) is 0 Å². The minimum Gasteiger partial charge on any atom is -0.459 e. The molecule has 2 aliphatic heterocycles. The quantitative estimate of drug-likeness (QED) is 0.524. The Morgan fingerprint density at radius 3 is 2.62 bits per heavy atom. The summed E-state index contributed by atoms with van der Waals surface area (Å²) in [6.45, 7) is 7.74. The van der Waals surface area contributed by atoms with Gasteiger partial charge in [-0.3, -0.25) is 14.2 Å². The van der Waals surface area contributed by atoms with Gasteiger partial charge in [-0.1, -0.05) is 35.6 Å². The zero-order valence-corrected chi connectivity index (χ0v) is 20.8. The van der Waals surface area contributed by atoms with Gasteiger partial charge in [-0.15, -0.1) is 11.3 Å². The second-order valence-electron chi connectivity index (χ2n) is 8.31. The lowest BCUT2D eigenvalue weighted by Crippen LogP contribution is -2.40. The van der Waals surface area contributed by atoms with E-state index in [2.05, 4.69) is 4.99 Å². The van der Waals surface area contributed by atoms with Crippen molar-refractivity contribution in [3.05, 3.63) is 83.2 Å². The highest BCUT2D eigenvalue weighted by atomic mass is 32.1. The number of anilines is 1. The second kappa shape index (κ2) is 8.48. The Labute approximate surface area is 203 Å². The van der Waals surface area contributed by atoms with Gasteiger partial charge in [0.15, 0.2) is 4.80 Å². The molecule has 0 bridgehead atoms. The minimum atomic E-state index is -0.661. The lowest BCUT2D eigenvalue weighted by molar-refractivity contribution is -0.143.